The quantitative estimate of drug-likeness (QED) is 0.570. The molecular formula is C20H28O3. The standard InChI is InChI=1S/C20H28O3/c1-19-9-7-14(23-12-21)11-13(19)3-4-15-16-5-6-18(22)20(16,2)10-8-17(15)19/h3,12,14-17H,4-11H2,1-2H3/t14-,15-,16-,17-,19-,20-/m0/s1. The van der Waals surface area contributed by atoms with Crippen LogP contribution in [-0.2, 0) is 14.3 Å². The summed E-state index contributed by atoms with van der Waals surface area (Å²) in [6.45, 7) is 5.28. The van der Waals surface area contributed by atoms with Crippen LogP contribution in [0.3, 0.4) is 0 Å². The predicted molar refractivity (Wildman–Crippen MR) is 87.6 cm³/mol. The molecule has 0 amide bonds. The number of hydrogen-bond acceptors (Lipinski definition) is 3. The second-order valence-corrected chi connectivity index (χ2v) is 8.77. The third-order valence-electron chi connectivity index (χ3n) is 8.02. The number of allylic oxidation sites excluding steroid dienone is 1. The molecule has 0 saturated heterocycles. The summed E-state index contributed by atoms with van der Waals surface area (Å²) in [5, 5.41) is 0. The Hall–Kier alpha value is -1.12. The van der Waals surface area contributed by atoms with E-state index >= 15 is 0 Å². The van der Waals surface area contributed by atoms with E-state index < -0.39 is 0 Å². The first-order chi connectivity index (χ1) is 11.0. The van der Waals surface area contributed by atoms with Crippen LogP contribution in [0.4, 0.5) is 0 Å². The van der Waals surface area contributed by atoms with Gasteiger partial charge in [-0.15, -0.1) is 0 Å². The first kappa shape index (κ1) is 15.4. The van der Waals surface area contributed by atoms with Crippen molar-refractivity contribution in [3.63, 3.8) is 0 Å². The lowest BCUT2D eigenvalue weighted by Gasteiger charge is -2.56. The van der Waals surface area contributed by atoms with Crippen LogP contribution in [0, 0.1) is 28.6 Å². The van der Waals surface area contributed by atoms with Gasteiger partial charge in [0.25, 0.3) is 6.47 Å². The normalized spacial score (nSPS) is 48.8. The Balaban J connectivity index is 1.63. The van der Waals surface area contributed by atoms with E-state index in [0.29, 0.717) is 30.0 Å². The van der Waals surface area contributed by atoms with Gasteiger partial charge in [0.2, 0.25) is 0 Å². The molecule has 0 aromatic heterocycles. The molecule has 0 bridgehead atoms. The number of fused-ring (bicyclic) bond motifs is 5. The highest BCUT2D eigenvalue weighted by Gasteiger charge is 2.58. The van der Waals surface area contributed by atoms with Crippen molar-refractivity contribution < 1.29 is 14.3 Å². The molecule has 4 aliphatic rings. The number of ether oxygens (including phenoxy) is 1. The molecule has 0 N–H and O–H groups in total. The lowest BCUT2D eigenvalue weighted by atomic mass is 9.48. The van der Waals surface area contributed by atoms with Crippen molar-refractivity contribution in [3.8, 4) is 0 Å². The van der Waals surface area contributed by atoms with E-state index in [-0.39, 0.29) is 16.9 Å². The van der Waals surface area contributed by atoms with Gasteiger partial charge in [-0.1, -0.05) is 25.5 Å². The highest BCUT2D eigenvalue weighted by atomic mass is 16.5. The minimum atomic E-state index is -0.0410. The fraction of sp³-hybridized carbons (Fsp3) is 0.800. The van der Waals surface area contributed by atoms with Gasteiger partial charge in [0.1, 0.15) is 11.9 Å². The van der Waals surface area contributed by atoms with Crippen molar-refractivity contribution in [3.05, 3.63) is 11.6 Å². The summed E-state index contributed by atoms with van der Waals surface area (Å²) in [5.41, 5.74) is 1.74. The molecule has 0 radical (unpaired) electrons. The van der Waals surface area contributed by atoms with Crippen molar-refractivity contribution in [1.82, 2.24) is 0 Å². The van der Waals surface area contributed by atoms with Gasteiger partial charge in [-0.05, 0) is 61.7 Å². The molecule has 0 heterocycles. The molecule has 0 aromatic rings. The van der Waals surface area contributed by atoms with Crippen LogP contribution in [0.2, 0.25) is 0 Å². The summed E-state index contributed by atoms with van der Waals surface area (Å²) in [6, 6.07) is 0. The average molecular weight is 316 g/mol. The van der Waals surface area contributed by atoms with Gasteiger partial charge in [-0.3, -0.25) is 9.59 Å². The molecular weight excluding hydrogens is 288 g/mol. The van der Waals surface area contributed by atoms with E-state index in [9.17, 15) is 9.59 Å². The fourth-order valence-electron chi connectivity index (χ4n) is 6.59. The zero-order valence-electron chi connectivity index (χ0n) is 14.3. The van der Waals surface area contributed by atoms with Crippen LogP contribution in [-0.4, -0.2) is 18.4 Å². The molecule has 3 heteroatoms. The molecule has 4 aliphatic carbocycles. The average Bonchev–Trinajstić information content (AvgIpc) is 2.84. The van der Waals surface area contributed by atoms with Crippen LogP contribution >= 0.6 is 0 Å². The maximum absolute atomic E-state index is 12.4. The van der Waals surface area contributed by atoms with Crippen molar-refractivity contribution in [2.75, 3.05) is 0 Å². The van der Waals surface area contributed by atoms with Gasteiger partial charge in [0.05, 0.1) is 0 Å². The van der Waals surface area contributed by atoms with Crippen molar-refractivity contribution in [2.45, 2.75) is 71.3 Å². The number of carbonyl (C=O) groups excluding carboxylic acids is 2. The largest absolute Gasteiger partial charge is 0.464 e. The van der Waals surface area contributed by atoms with E-state index in [1.54, 1.807) is 0 Å². The second kappa shape index (κ2) is 5.19. The van der Waals surface area contributed by atoms with Gasteiger partial charge in [-0.25, -0.2) is 0 Å². The second-order valence-electron chi connectivity index (χ2n) is 8.77. The van der Waals surface area contributed by atoms with E-state index in [2.05, 4.69) is 19.9 Å². The summed E-state index contributed by atoms with van der Waals surface area (Å²) in [5.74, 6) is 2.50. The van der Waals surface area contributed by atoms with E-state index in [0.717, 1.165) is 44.9 Å². The topological polar surface area (TPSA) is 43.4 Å². The smallest absolute Gasteiger partial charge is 0.293 e. The van der Waals surface area contributed by atoms with Gasteiger partial charge in [-0.2, -0.15) is 0 Å². The third kappa shape index (κ3) is 2.08. The molecule has 23 heavy (non-hydrogen) atoms. The number of hydrogen-bond donors (Lipinski definition) is 0. The highest BCUT2D eigenvalue weighted by molar-refractivity contribution is 5.87. The number of ketones is 1. The number of carbonyl (C=O) groups is 2. The van der Waals surface area contributed by atoms with Gasteiger partial charge < -0.3 is 4.74 Å². The molecule has 4 rings (SSSR count). The maximum atomic E-state index is 12.4. The first-order valence-corrected chi connectivity index (χ1v) is 9.31. The third-order valence-corrected chi connectivity index (χ3v) is 8.02. The summed E-state index contributed by atoms with van der Waals surface area (Å²) >= 11 is 0. The monoisotopic (exact) mass is 316 g/mol. The summed E-state index contributed by atoms with van der Waals surface area (Å²) in [4.78, 5) is 23.1. The van der Waals surface area contributed by atoms with Gasteiger partial charge in [0.15, 0.2) is 0 Å². The highest BCUT2D eigenvalue weighted by Crippen LogP contribution is 2.64. The fourth-order valence-corrected chi connectivity index (χ4v) is 6.59. The summed E-state index contributed by atoms with van der Waals surface area (Å²) < 4.78 is 5.25. The zero-order chi connectivity index (χ0) is 16.2. The molecule has 6 atom stereocenters. The Labute approximate surface area is 138 Å². The number of Topliss-reactive ketones (excluding diaryl/α,β-unsaturated/α-hetero) is 1. The van der Waals surface area contributed by atoms with E-state index in [4.69, 9.17) is 4.74 Å². The SMILES string of the molecule is C[C@]12CC[C@H](OC=O)CC1=CC[C@@H]1[C@@H]2CC[C@]2(C)C(=O)CC[C@@H]12. The van der Waals surface area contributed by atoms with Crippen LogP contribution in [0.15, 0.2) is 11.6 Å². The molecule has 0 unspecified atom stereocenters. The van der Waals surface area contributed by atoms with Crippen LogP contribution in [0.1, 0.15) is 65.2 Å². The summed E-state index contributed by atoms with van der Waals surface area (Å²) in [6.07, 6.45) is 10.8. The first-order valence-electron chi connectivity index (χ1n) is 9.31. The minimum absolute atomic E-state index is 0.0410. The Morgan fingerprint density at radius 1 is 1.13 bits per heavy atom. The van der Waals surface area contributed by atoms with Gasteiger partial charge in [0, 0.05) is 18.3 Å². The summed E-state index contributed by atoms with van der Waals surface area (Å²) in [7, 11) is 0. The zero-order valence-corrected chi connectivity index (χ0v) is 14.3. The molecule has 0 aromatic carbocycles. The molecule has 3 fully saturated rings. The molecule has 3 saturated carbocycles. The Morgan fingerprint density at radius 2 is 1.87 bits per heavy atom. The molecule has 3 nitrogen and oxygen atoms in total. The minimum Gasteiger partial charge on any atom is -0.464 e. The van der Waals surface area contributed by atoms with E-state index in [1.165, 1.54) is 12.0 Å². The van der Waals surface area contributed by atoms with Gasteiger partial charge >= 0.3 is 0 Å². The lowest BCUT2D eigenvalue weighted by Crippen LogP contribution is -2.50. The Morgan fingerprint density at radius 3 is 2.65 bits per heavy atom. The van der Waals surface area contributed by atoms with Crippen molar-refractivity contribution >= 4 is 12.3 Å². The van der Waals surface area contributed by atoms with E-state index in [1.807, 2.05) is 0 Å². The van der Waals surface area contributed by atoms with Crippen LogP contribution in [0.5, 0.6) is 0 Å². The maximum Gasteiger partial charge on any atom is 0.293 e. The van der Waals surface area contributed by atoms with Crippen LogP contribution in [0.25, 0.3) is 0 Å². The van der Waals surface area contributed by atoms with Crippen LogP contribution < -0.4 is 0 Å². The Kier molecular flexibility index (Phi) is 3.48. The molecule has 126 valence electrons. The van der Waals surface area contributed by atoms with Crippen molar-refractivity contribution in [1.29, 1.82) is 0 Å². The predicted octanol–water partition coefficient (Wildman–Crippen LogP) is 4.06. The Bertz CT molecular complexity index is 565. The number of rotatable bonds is 2. The lowest BCUT2D eigenvalue weighted by molar-refractivity contribution is -0.136. The molecule has 0 aliphatic heterocycles. The molecule has 0 spiro atoms. The van der Waals surface area contributed by atoms with Crippen molar-refractivity contribution in [2.24, 2.45) is 28.6 Å².